The number of hydrogen-bond acceptors (Lipinski definition) is 6. The monoisotopic (exact) mass is 601 g/mol. The van der Waals surface area contributed by atoms with Crippen molar-refractivity contribution in [2.45, 2.75) is 56.3 Å². The van der Waals surface area contributed by atoms with E-state index in [1.807, 2.05) is 48.5 Å². The number of rotatable bonds is 12. The molecule has 0 bridgehead atoms. The minimum absolute atomic E-state index is 0.0364. The number of primary amides is 1. The first-order valence-electron chi connectivity index (χ1n) is 14.4. The van der Waals surface area contributed by atoms with Crippen LogP contribution in [0.15, 0.2) is 60.9 Å². The molecule has 3 heterocycles. The topological polar surface area (TPSA) is 216 Å². The van der Waals surface area contributed by atoms with E-state index in [1.165, 1.54) is 4.90 Å². The zero-order chi connectivity index (χ0) is 31.4. The predicted octanol–water partition coefficient (Wildman–Crippen LogP) is 0.682. The van der Waals surface area contributed by atoms with E-state index in [9.17, 15) is 29.1 Å². The number of hydrogen-bond donors (Lipinski definition) is 7. The molecule has 230 valence electrons. The number of carbonyl (C=O) groups excluding carboxylic acids is 4. The molecule has 1 fully saturated rings. The van der Waals surface area contributed by atoms with Crippen LogP contribution in [0.25, 0.3) is 21.8 Å². The number of benzene rings is 2. The zero-order valence-corrected chi connectivity index (χ0v) is 23.9. The van der Waals surface area contributed by atoms with Gasteiger partial charge in [-0.05, 0) is 42.5 Å². The van der Waals surface area contributed by atoms with Crippen LogP contribution in [0.4, 0.5) is 0 Å². The molecule has 2 aromatic heterocycles. The second-order valence-electron chi connectivity index (χ2n) is 11.1. The molecule has 5 rings (SSSR count). The van der Waals surface area contributed by atoms with Gasteiger partial charge in [0.05, 0.1) is 12.5 Å². The first-order chi connectivity index (χ1) is 21.1. The van der Waals surface area contributed by atoms with Gasteiger partial charge < -0.3 is 42.1 Å². The highest BCUT2D eigenvalue weighted by Crippen LogP contribution is 2.23. The number of likely N-dealkylation sites (tertiary alicyclic amines) is 1. The largest absolute Gasteiger partial charge is 0.480 e. The number of carboxylic acids is 1. The Bertz CT molecular complexity index is 1710. The maximum atomic E-state index is 13.8. The third kappa shape index (κ3) is 6.57. The number of para-hydroxylation sites is 2. The lowest BCUT2D eigenvalue weighted by Gasteiger charge is -2.29. The Morgan fingerprint density at radius 1 is 0.864 bits per heavy atom. The number of amides is 4. The Labute approximate surface area is 252 Å². The average Bonchev–Trinajstić information content (AvgIpc) is 3.75. The molecule has 4 unspecified atom stereocenters. The fourth-order valence-electron chi connectivity index (χ4n) is 5.80. The summed E-state index contributed by atoms with van der Waals surface area (Å²) in [6.45, 7) is 0.222. The molecule has 13 nitrogen and oxygen atoms in total. The number of carbonyl (C=O) groups is 5. The van der Waals surface area contributed by atoms with Crippen LogP contribution in [0.2, 0.25) is 0 Å². The average molecular weight is 602 g/mol. The summed E-state index contributed by atoms with van der Waals surface area (Å²) in [6, 6.07) is 10.3. The fraction of sp³-hybridized carbons (Fsp3) is 0.323. The molecule has 2 aromatic carbocycles. The second-order valence-corrected chi connectivity index (χ2v) is 11.1. The van der Waals surface area contributed by atoms with E-state index in [0.717, 1.165) is 32.9 Å². The Morgan fingerprint density at radius 2 is 1.43 bits per heavy atom. The van der Waals surface area contributed by atoms with Crippen molar-refractivity contribution in [3.63, 3.8) is 0 Å². The number of nitrogens with one attached hydrogen (secondary N) is 4. The molecular formula is C31H35N7O6. The summed E-state index contributed by atoms with van der Waals surface area (Å²) in [5.41, 5.74) is 14.9. The van der Waals surface area contributed by atoms with Crippen molar-refractivity contribution in [1.29, 1.82) is 0 Å². The standard InChI is InChI=1S/C31H35N7O6/c32-21(12-17-15-34-22-8-3-1-6-19(17)22)28(40)36-24(14-27(33)39)29(41)37-25(30(42)38-11-5-10-26(38)31(43)44)13-18-16-35-23-9-4-2-7-20(18)23/h1-4,6-9,15-16,21,24-26,34-35H,5,10-14,32H2,(H2,33,39)(H,36,40)(H,37,41)(H,43,44). The summed E-state index contributed by atoms with van der Waals surface area (Å²) in [7, 11) is 0. The van der Waals surface area contributed by atoms with Gasteiger partial charge in [0.15, 0.2) is 0 Å². The van der Waals surface area contributed by atoms with Crippen molar-refractivity contribution < 1.29 is 29.1 Å². The highest BCUT2D eigenvalue weighted by molar-refractivity contribution is 5.97. The molecule has 0 aliphatic carbocycles. The summed E-state index contributed by atoms with van der Waals surface area (Å²) >= 11 is 0. The SMILES string of the molecule is NC(=O)CC(NC(=O)C(N)Cc1c[nH]c2ccccc12)C(=O)NC(Cc1c[nH]c2ccccc12)C(=O)N1CCCC1C(=O)O. The van der Waals surface area contributed by atoms with Crippen molar-refractivity contribution >= 4 is 51.4 Å². The van der Waals surface area contributed by atoms with Crippen molar-refractivity contribution in [3.05, 3.63) is 72.1 Å². The Kier molecular flexibility index (Phi) is 8.95. The quantitative estimate of drug-likeness (QED) is 0.123. The number of nitrogens with zero attached hydrogens (tertiary/aromatic N) is 1. The lowest BCUT2D eigenvalue weighted by Crippen LogP contribution is -2.58. The van der Waals surface area contributed by atoms with Crippen LogP contribution in [-0.2, 0) is 36.8 Å². The second kappa shape index (κ2) is 13.0. The van der Waals surface area contributed by atoms with E-state index in [1.54, 1.807) is 12.4 Å². The highest BCUT2D eigenvalue weighted by atomic mass is 16.4. The van der Waals surface area contributed by atoms with E-state index >= 15 is 0 Å². The number of aromatic nitrogens is 2. The molecule has 13 heteroatoms. The third-order valence-corrected chi connectivity index (χ3v) is 8.02. The molecular weight excluding hydrogens is 566 g/mol. The Hall–Kier alpha value is -5.17. The van der Waals surface area contributed by atoms with Crippen LogP contribution in [0.5, 0.6) is 0 Å². The maximum absolute atomic E-state index is 13.8. The summed E-state index contributed by atoms with van der Waals surface area (Å²) in [5, 5.41) is 16.6. The predicted molar refractivity (Wildman–Crippen MR) is 162 cm³/mol. The highest BCUT2D eigenvalue weighted by Gasteiger charge is 2.39. The minimum atomic E-state index is -1.42. The van der Waals surface area contributed by atoms with Gasteiger partial charge in [-0.25, -0.2) is 4.79 Å². The first-order valence-corrected chi connectivity index (χ1v) is 14.4. The normalized spacial score (nSPS) is 16.8. The molecule has 0 spiro atoms. The number of fused-ring (bicyclic) bond motifs is 2. The van der Waals surface area contributed by atoms with Crippen molar-refractivity contribution in [1.82, 2.24) is 25.5 Å². The van der Waals surface area contributed by atoms with E-state index in [-0.39, 0.29) is 19.4 Å². The number of aliphatic carboxylic acids is 1. The van der Waals surface area contributed by atoms with Crippen LogP contribution in [-0.4, -0.2) is 80.3 Å². The molecule has 1 aliphatic heterocycles. The van der Waals surface area contributed by atoms with Crippen LogP contribution in [0.1, 0.15) is 30.4 Å². The third-order valence-electron chi connectivity index (χ3n) is 8.02. The van der Waals surface area contributed by atoms with Crippen LogP contribution in [0.3, 0.4) is 0 Å². The number of aromatic amines is 2. The van der Waals surface area contributed by atoms with E-state index < -0.39 is 60.2 Å². The van der Waals surface area contributed by atoms with Gasteiger partial charge in [0.1, 0.15) is 18.1 Å². The molecule has 4 atom stereocenters. The molecule has 0 saturated carbocycles. The smallest absolute Gasteiger partial charge is 0.326 e. The molecule has 0 radical (unpaired) electrons. The summed E-state index contributed by atoms with van der Waals surface area (Å²) in [6.07, 6.45) is 3.95. The Morgan fingerprint density at radius 3 is 2.02 bits per heavy atom. The lowest BCUT2D eigenvalue weighted by atomic mass is 10.0. The molecule has 44 heavy (non-hydrogen) atoms. The van der Waals surface area contributed by atoms with Gasteiger partial charge in [0.25, 0.3) is 0 Å². The molecule has 1 saturated heterocycles. The van der Waals surface area contributed by atoms with Crippen LogP contribution in [0, 0.1) is 0 Å². The molecule has 9 N–H and O–H groups in total. The summed E-state index contributed by atoms with van der Waals surface area (Å²) < 4.78 is 0. The first kappa shape index (κ1) is 30.3. The molecule has 4 aromatic rings. The molecule has 4 amide bonds. The Balaban J connectivity index is 1.35. The molecule has 1 aliphatic rings. The van der Waals surface area contributed by atoms with E-state index in [0.29, 0.717) is 12.8 Å². The summed E-state index contributed by atoms with van der Waals surface area (Å²) in [4.78, 5) is 71.8. The van der Waals surface area contributed by atoms with Crippen molar-refractivity contribution in [2.24, 2.45) is 11.5 Å². The van der Waals surface area contributed by atoms with Gasteiger partial charge >= 0.3 is 5.97 Å². The number of H-pyrrole nitrogens is 2. The number of carboxylic acid groups (broad SMARTS) is 1. The van der Waals surface area contributed by atoms with Crippen molar-refractivity contribution in [2.75, 3.05) is 6.54 Å². The zero-order valence-electron chi connectivity index (χ0n) is 23.9. The van der Waals surface area contributed by atoms with Gasteiger partial charge in [-0.15, -0.1) is 0 Å². The van der Waals surface area contributed by atoms with Gasteiger partial charge in [-0.1, -0.05) is 36.4 Å². The lowest BCUT2D eigenvalue weighted by molar-refractivity contribution is -0.149. The number of nitrogens with two attached hydrogens (primary N) is 2. The fourth-order valence-corrected chi connectivity index (χ4v) is 5.80. The van der Waals surface area contributed by atoms with Crippen molar-refractivity contribution in [3.8, 4) is 0 Å². The van der Waals surface area contributed by atoms with Crippen LogP contribution < -0.4 is 22.1 Å². The van der Waals surface area contributed by atoms with Crippen LogP contribution >= 0.6 is 0 Å². The van der Waals surface area contributed by atoms with E-state index in [4.69, 9.17) is 11.5 Å². The summed E-state index contributed by atoms with van der Waals surface area (Å²) in [5.74, 6) is -4.05. The van der Waals surface area contributed by atoms with Gasteiger partial charge in [0.2, 0.25) is 23.6 Å². The van der Waals surface area contributed by atoms with Gasteiger partial charge in [-0.2, -0.15) is 0 Å². The minimum Gasteiger partial charge on any atom is -0.480 e. The maximum Gasteiger partial charge on any atom is 0.326 e. The van der Waals surface area contributed by atoms with Gasteiger partial charge in [0, 0.05) is 47.2 Å². The van der Waals surface area contributed by atoms with E-state index in [2.05, 4.69) is 20.6 Å². The van der Waals surface area contributed by atoms with Gasteiger partial charge in [-0.3, -0.25) is 19.2 Å².